The monoisotopic (exact) mass is 152 g/mol. The summed E-state index contributed by atoms with van der Waals surface area (Å²) < 4.78 is 0. The lowest BCUT2D eigenvalue weighted by molar-refractivity contribution is 0.349. The van der Waals surface area contributed by atoms with Crippen molar-refractivity contribution in [1.82, 2.24) is 0 Å². The van der Waals surface area contributed by atoms with E-state index in [1.807, 2.05) is 24.3 Å². The molecule has 1 rings (SSSR count). The van der Waals surface area contributed by atoms with Crippen LogP contribution in [0.15, 0.2) is 24.3 Å². The van der Waals surface area contributed by atoms with Gasteiger partial charge in [0.2, 0.25) is 0 Å². The molecule has 2 unspecified atom stereocenters. The van der Waals surface area contributed by atoms with Gasteiger partial charge in [0.1, 0.15) is 0 Å². The average Bonchev–Trinajstić information content (AvgIpc) is 1.95. The SMILES string of the molecule is CC(C)C1(N)C=CC=CC1N. The molecule has 0 bridgehead atoms. The number of hydrogen-bond acceptors (Lipinski definition) is 2. The summed E-state index contributed by atoms with van der Waals surface area (Å²) in [5, 5.41) is 0. The third-order valence-electron chi connectivity index (χ3n) is 2.39. The summed E-state index contributed by atoms with van der Waals surface area (Å²) >= 11 is 0. The Morgan fingerprint density at radius 1 is 1.36 bits per heavy atom. The molecule has 1 aliphatic carbocycles. The second-order valence-electron chi connectivity index (χ2n) is 3.42. The number of hydrogen-bond donors (Lipinski definition) is 2. The first-order valence-corrected chi connectivity index (χ1v) is 3.98. The molecule has 1 aliphatic rings. The summed E-state index contributed by atoms with van der Waals surface area (Å²) in [6, 6.07) is -0.0486. The van der Waals surface area contributed by atoms with Crippen LogP contribution in [0.5, 0.6) is 0 Å². The van der Waals surface area contributed by atoms with Crippen LogP contribution in [0.2, 0.25) is 0 Å². The highest BCUT2D eigenvalue weighted by Crippen LogP contribution is 2.22. The highest BCUT2D eigenvalue weighted by molar-refractivity contribution is 5.26. The van der Waals surface area contributed by atoms with Gasteiger partial charge in [-0.2, -0.15) is 0 Å². The largest absolute Gasteiger partial charge is 0.323 e. The first kappa shape index (κ1) is 8.50. The van der Waals surface area contributed by atoms with Gasteiger partial charge in [-0.15, -0.1) is 0 Å². The molecule has 2 heteroatoms. The highest BCUT2D eigenvalue weighted by atomic mass is 14.9. The van der Waals surface area contributed by atoms with Crippen molar-refractivity contribution in [1.29, 1.82) is 0 Å². The quantitative estimate of drug-likeness (QED) is 0.583. The lowest BCUT2D eigenvalue weighted by Crippen LogP contribution is -2.57. The van der Waals surface area contributed by atoms with Crippen molar-refractivity contribution in [2.75, 3.05) is 0 Å². The highest BCUT2D eigenvalue weighted by Gasteiger charge is 2.32. The first-order valence-electron chi connectivity index (χ1n) is 3.98. The molecule has 11 heavy (non-hydrogen) atoms. The predicted octanol–water partition coefficient (Wildman–Crippen LogP) is 0.793. The molecular formula is C9H16N2. The van der Waals surface area contributed by atoms with Gasteiger partial charge in [-0.05, 0) is 5.92 Å². The fraction of sp³-hybridized carbons (Fsp3) is 0.556. The van der Waals surface area contributed by atoms with Gasteiger partial charge in [-0.3, -0.25) is 0 Å². The van der Waals surface area contributed by atoms with Crippen LogP contribution in [0.1, 0.15) is 13.8 Å². The molecule has 2 nitrogen and oxygen atoms in total. The van der Waals surface area contributed by atoms with E-state index in [9.17, 15) is 0 Å². The van der Waals surface area contributed by atoms with E-state index in [4.69, 9.17) is 11.5 Å². The molecule has 0 saturated heterocycles. The van der Waals surface area contributed by atoms with E-state index in [0.29, 0.717) is 5.92 Å². The summed E-state index contributed by atoms with van der Waals surface area (Å²) in [5.74, 6) is 0.374. The molecule has 2 atom stereocenters. The lowest BCUT2D eigenvalue weighted by atomic mass is 9.78. The van der Waals surface area contributed by atoms with Gasteiger partial charge in [0, 0.05) is 6.04 Å². The molecule has 0 fully saturated rings. The molecule has 0 heterocycles. The Morgan fingerprint density at radius 3 is 2.36 bits per heavy atom. The van der Waals surface area contributed by atoms with Crippen LogP contribution >= 0.6 is 0 Å². The maximum absolute atomic E-state index is 6.08. The van der Waals surface area contributed by atoms with Gasteiger partial charge in [0.15, 0.2) is 0 Å². The maximum atomic E-state index is 6.08. The summed E-state index contributed by atoms with van der Waals surface area (Å²) in [6.45, 7) is 4.17. The van der Waals surface area contributed by atoms with Gasteiger partial charge in [-0.25, -0.2) is 0 Å². The van der Waals surface area contributed by atoms with Gasteiger partial charge >= 0.3 is 0 Å². The Hall–Kier alpha value is -0.600. The summed E-state index contributed by atoms with van der Waals surface area (Å²) in [5.41, 5.74) is 11.6. The summed E-state index contributed by atoms with van der Waals surface area (Å²) in [6.07, 6.45) is 7.84. The smallest absolute Gasteiger partial charge is 0.0555 e. The van der Waals surface area contributed by atoms with E-state index in [-0.39, 0.29) is 11.6 Å². The second kappa shape index (κ2) is 2.80. The molecule has 0 saturated carbocycles. The van der Waals surface area contributed by atoms with E-state index >= 15 is 0 Å². The van der Waals surface area contributed by atoms with Crippen molar-refractivity contribution in [3.63, 3.8) is 0 Å². The molecule has 0 spiro atoms. The van der Waals surface area contributed by atoms with Gasteiger partial charge in [-0.1, -0.05) is 38.2 Å². The zero-order chi connectivity index (χ0) is 8.48. The van der Waals surface area contributed by atoms with Crippen molar-refractivity contribution < 1.29 is 0 Å². The third kappa shape index (κ3) is 1.37. The Morgan fingerprint density at radius 2 is 2.00 bits per heavy atom. The van der Waals surface area contributed by atoms with Crippen molar-refractivity contribution in [3.8, 4) is 0 Å². The fourth-order valence-corrected chi connectivity index (χ4v) is 1.26. The van der Waals surface area contributed by atoms with E-state index in [2.05, 4.69) is 13.8 Å². The van der Waals surface area contributed by atoms with Crippen LogP contribution in [0, 0.1) is 5.92 Å². The minimum absolute atomic E-state index is 0.0486. The number of nitrogens with two attached hydrogens (primary N) is 2. The zero-order valence-corrected chi connectivity index (χ0v) is 7.12. The van der Waals surface area contributed by atoms with Crippen LogP contribution in [-0.2, 0) is 0 Å². The minimum atomic E-state index is -0.352. The first-order chi connectivity index (χ1) is 5.07. The summed E-state index contributed by atoms with van der Waals surface area (Å²) in [4.78, 5) is 0. The standard InChI is InChI=1S/C9H16N2/c1-7(2)9(11)6-4-3-5-8(9)10/h3-8H,10-11H2,1-2H3. The molecular weight excluding hydrogens is 136 g/mol. The molecule has 0 aromatic carbocycles. The number of rotatable bonds is 1. The van der Waals surface area contributed by atoms with Crippen LogP contribution in [0.3, 0.4) is 0 Å². The molecule has 4 N–H and O–H groups in total. The Labute approximate surface area is 68.0 Å². The van der Waals surface area contributed by atoms with Crippen molar-refractivity contribution >= 4 is 0 Å². The molecule has 62 valence electrons. The molecule has 0 aromatic rings. The third-order valence-corrected chi connectivity index (χ3v) is 2.39. The predicted molar refractivity (Wildman–Crippen MR) is 48.0 cm³/mol. The molecule has 0 radical (unpaired) electrons. The Kier molecular flexibility index (Phi) is 2.16. The fourth-order valence-electron chi connectivity index (χ4n) is 1.26. The summed E-state index contributed by atoms with van der Waals surface area (Å²) in [7, 11) is 0. The van der Waals surface area contributed by atoms with Gasteiger partial charge < -0.3 is 11.5 Å². The van der Waals surface area contributed by atoms with Crippen LogP contribution in [0.4, 0.5) is 0 Å². The van der Waals surface area contributed by atoms with Crippen LogP contribution < -0.4 is 11.5 Å². The van der Waals surface area contributed by atoms with Crippen molar-refractivity contribution in [3.05, 3.63) is 24.3 Å². The van der Waals surface area contributed by atoms with Crippen LogP contribution in [0.25, 0.3) is 0 Å². The molecule has 0 aliphatic heterocycles. The molecule has 0 aromatic heterocycles. The minimum Gasteiger partial charge on any atom is -0.323 e. The lowest BCUT2D eigenvalue weighted by Gasteiger charge is -2.36. The Bertz CT molecular complexity index is 194. The van der Waals surface area contributed by atoms with Crippen molar-refractivity contribution in [2.45, 2.75) is 25.4 Å². The van der Waals surface area contributed by atoms with E-state index in [1.165, 1.54) is 0 Å². The topological polar surface area (TPSA) is 52.0 Å². The average molecular weight is 152 g/mol. The maximum Gasteiger partial charge on any atom is 0.0555 e. The number of allylic oxidation sites excluding steroid dienone is 2. The Balaban J connectivity index is 2.85. The second-order valence-corrected chi connectivity index (χ2v) is 3.42. The molecule has 0 amide bonds. The normalized spacial score (nSPS) is 36.6. The van der Waals surface area contributed by atoms with Gasteiger partial charge in [0.25, 0.3) is 0 Å². The van der Waals surface area contributed by atoms with Crippen molar-refractivity contribution in [2.24, 2.45) is 17.4 Å². The van der Waals surface area contributed by atoms with Gasteiger partial charge in [0.05, 0.1) is 5.54 Å². The van der Waals surface area contributed by atoms with Crippen LogP contribution in [-0.4, -0.2) is 11.6 Å². The zero-order valence-electron chi connectivity index (χ0n) is 7.12. The van der Waals surface area contributed by atoms with E-state index < -0.39 is 0 Å². The van der Waals surface area contributed by atoms with E-state index in [1.54, 1.807) is 0 Å². The van der Waals surface area contributed by atoms with E-state index in [0.717, 1.165) is 0 Å².